The zero-order valence-electron chi connectivity index (χ0n) is 9.13. The van der Waals surface area contributed by atoms with Gasteiger partial charge in [-0.2, -0.15) is 0 Å². The Bertz CT molecular complexity index is 506. The molecule has 16 heavy (non-hydrogen) atoms. The van der Waals surface area contributed by atoms with Gasteiger partial charge in [0.2, 0.25) is 0 Å². The van der Waals surface area contributed by atoms with Gasteiger partial charge in [-0.15, -0.1) is 0 Å². The number of aromatic amines is 1. The standard InChI is InChI=1S/C12H12FNO2/c1-3-16-12(15)10-6-8-7(2)4-5-9(13)11(8)14-10/h4-6,14H,3H2,1-2H3. The van der Waals surface area contributed by atoms with E-state index in [2.05, 4.69) is 4.98 Å². The first-order chi connectivity index (χ1) is 7.63. The summed E-state index contributed by atoms with van der Waals surface area (Å²) in [6, 6.07) is 4.68. The predicted molar refractivity (Wildman–Crippen MR) is 59.0 cm³/mol. The summed E-state index contributed by atoms with van der Waals surface area (Å²) in [7, 11) is 0. The molecule has 1 heterocycles. The van der Waals surface area contributed by atoms with Crippen LogP contribution in [0.3, 0.4) is 0 Å². The van der Waals surface area contributed by atoms with Gasteiger partial charge in [0.25, 0.3) is 0 Å². The molecule has 0 fully saturated rings. The lowest BCUT2D eigenvalue weighted by atomic mass is 10.1. The largest absolute Gasteiger partial charge is 0.461 e. The lowest BCUT2D eigenvalue weighted by Gasteiger charge is -1.96. The zero-order chi connectivity index (χ0) is 11.7. The van der Waals surface area contributed by atoms with E-state index in [0.29, 0.717) is 17.5 Å². The Morgan fingerprint density at radius 2 is 2.25 bits per heavy atom. The fourth-order valence-corrected chi connectivity index (χ4v) is 1.64. The normalized spacial score (nSPS) is 10.7. The highest BCUT2D eigenvalue weighted by Crippen LogP contribution is 2.22. The van der Waals surface area contributed by atoms with Crippen molar-refractivity contribution in [1.82, 2.24) is 4.98 Å². The van der Waals surface area contributed by atoms with Crippen LogP contribution in [0.5, 0.6) is 0 Å². The summed E-state index contributed by atoms with van der Waals surface area (Å²) in [6.07, 6.45) is 0. The van der Waals surface area contributed by atoms with E-state index in [1.54, 1.807) is 19.1 Å². The van der Waals surface area contributed by atoms with Gasteiger partial charge in [0.05, 0.1) is 12.1 Å². The molecule has 0 aliphatic rings. The van der Waals surface area contributed by atoms with Crippen LogP contribution in [0.15, 0.2) is 18.2 Å². The van der Waals surface area contributed by atoms with E-state index < -0.39 is 5.97 Å². The highest BCUT2D eigenvalue weighted by Gasteiger charge is 2.13. The van der Waals surface area contributed by atoms with Gasteiger partial charge in [0, 0.05) is 5.39 Å². The van der Waals surface area contributed by atoms with Crippen molar-refractivity contribution in [2.75, 3.05) is 6.61 Å². The molecule has 84 valence electrons. The van der Waals surface area contributed by atoms with Crippen molar-refractivity contribution in [3.05, 3.63) is 35.3 Å². The predicted octanol–water partition coefficient (Wildman–Crippen LogP) is 2.79. The number of esters is 1. The monoisotopic (exact) mass is 221 g/mol. The van der Waals surface area contributed by atoms with E-state index >= 15 is 0 Å². The summed E-state index contributed by atoms with van der Waals surface area (Å²) in [5.41, 5.74) is 1.55. The number of carbonyl (C=O) groups is 1. The number of carbonyl (C=O) groups excluding carboxylic acids is 1. The molecular weight excluding hydrogens is 209 g/mol. The number of aromatic nitrogens is 1. The number of hydrogen-bond donors (Lipinski definition) is 1. The number of ether oxygens (including phenoxy) is 1. The average molecular weight is 221 g/mol. The SMILES string of the molecule is CCOC(=O)c1cc2c(C)ccc(F)c2[nH]1. The van der Waals surface area contributed by atoms with Gasteiger partial charge in [-0.05, 0) is 31.5 Å². The molecule has 3 nitrogen and oxygen atoms in total. The van der Waals surface area contributed by atoms with Gasteiger partial charge < -0.3 is 9.72 Å². The molecule has 1 N–H and O–H groups in total. The molecule has 1 aromatic heterocycles. The maximum Gasteiger partial charge on any atom is 0.354 e. The Morgan fingerprint density at radius 3 is 2.88 bits per heavy atom. The van der Waals surface area contributed by atoms with Crippen LogP contribution < -0.4 is 0 Å². The summed E-state index contributed by atoms with van der Waals surface area (Å²) in [6.45, 7) is 3.90. The number of fused-ring (bicyclic) bond motifs is 1. The quantitative estimate of drug-likeness (QED) is 0.792. The van der Waals surface area contributed by atoms with E-state index in [1.807, 2.05) is 6.92 Å². The first-order valence-corrected chi connectivity index (χ1v) is 5.08. The van der Waals surface area contributed by atoms with Crippen LogP contribution in [0.25, 0.3) is 10.9 Å². The number of benzene rings is 1. The number of rotatable bonds is 2. The second kappa shape index (κ2) is 3.96. The summed E-state index contributed by atoms with van der Waals surface area (Å²) < 4.78 is 18.3. The lowest BCUT2D eigenvalue weighted by Crippen LogP contribution is -2.04. The Balaban J connectivity index is 2.55. The number of halogens is 1. The second-order valence-corrected chi connectivity index (χ2v) is 3.56. The zero-order valence-corrected chi connectivity index (χ0v) is 9.13. The molecule has 0 saturated carbocycles. The third-order valence-electron chi connectivity index (χ3n) is 2.46. The molecule has 0 atom stereocenters. The molecule has 0 aliphatic carbocycles. The molecule has 0 amide bonds. The van der Waals surface area contributed by atoms with Crippen LogP contribution in [0.2, 0.25) is 0 Å². The van der Waals surface area contributed by atoms with Crippen LogP contribution in [0, 0.1) is 12.7 Å². The molecule has 0 spiro atoms. The van der Waals surface area contributed by atoms with Gasteiger partial charge in [0.15, 0.2) is 0 Å². The molecule has 0 aliphatic heterocycles. The van der Waals surface area contributed by atoms with Crippen molar-refractivity contribution in [2.24, 2.45) is 0 Å². The van der Waals surface area contributed by atoms with E-state index in [4.69, 9.17) is 4.74 Å². The minimum atomic E-state index is -0.461. The molecule has 0 unspecified atom stereocenters. The van der Waals surface area contributed by atoms with E-state index in [9.17, 15) is 9.18 Å². The lowest BCUT2D eigenvalue weighted by molar-refractivity contribution is 0.0520. The molecule has 0 bridgehead atoms. The van der Waals surface area contributed by atoms with Crippen LogP contribution in [-0.4, -0.2) is 17.6 Å². The maximum atomic E-state index is 13.4. The topological polar surface area (TPSA) is 42.1 Å². The molecule has 2 aromatic rings. The van der Waals surface area contributed by atoms with Crippen molar-refractivity contribution in [3.63, 3.8) is 0 Å². The minimum Gasteiger partial charge on any atom is -0.461 e. The first-order valence-electron chi connectivity index (χ1n) is 5.08. The molecule has 0 saturated heterocycles. The molecule has 4 heteroatoms. The highest BCUT2D eigenvalue weighted by molar-refractivity contribution is 5.96. The minimum absolute atomic E-state index is 0.282. The van der Waals surface area contributed by atoms with Crippen molar-refractivity contribution in [3.8, 4) is 0 Å². The fourth-order valence-electron chi connectivity index (χ4n) is 1.64. The van der Waals surface area contributed by atoms with Gasteiger partial charge >= 0.3 is 5.97 Å². The third-order valence-corrected chi connectivity index (χ3v) is 2.46. The summed E-state index contributed by atoms with van der Waals surface area (Å²) >= 11 is 0. The Labute approximate surface area is 92.2 Å². The number of nitrogens with one attached hydrogen (secondary N) is 1. The number of hydrogen-bond acceptors (Lipinski definition) is 2. The molecule has 2 rings (SSSR count). The van der Waals surface area contributed by atoms with Gasteiger partial charge in [0.1, 0.15) is 11.5 Å². The van der Waals surface area contributed by atoms with Crippen molar-refractivity contribution >= 4 is 16.9 Å². The van der Waals surface area contributed by atoms with Crippen LogP contribution in [0.1, 0.15) is 23.0 Å². The third kappa shape index (κ3) is 1.66. The van der Waals surface area contributed by atoms with Crippen molar-refractivity contribution in [2.45, 2.75) is 13.8 Å². The van der Waals surface area contributed by atoms with Crippen molar-refractivity contribution < 1.29 is 13.9 Å². The first kappa shape index (κ1) is 10.7. The number of H-pyrrole nitrogens is 1. The van der Waals surface area contributed by atoms with Crippen LogP contribution >= 0.6 is 0 Å². The van der Waals surface area contributed by atoms with Crippen LogP contribution in [0.4, 0.5) is 4.39 Å². The fraction of sp³-hybridized carbons (Fsp3) is 0.250. The number of aryl methyl sites for hydroxylation is 1. The Morgan fingerprint density at radius 1 is 1.50 bits per heavy atom. The van der Waals surface area contributed by atoms with E-state index in [-0.39, 0.29) is 11.5 Å². The average Bonchev–Trinajstić information content (AvgIpc) is 2.70. The summed E-state index contributed by atoms with van der Waals surface area (Å²) in [5.74, 6) is -0.825. The summed E-state index contributed by atoms with van der Waals surface area (Å²) in [4.78, 5) is 14.2. The summed E-state index contributed by atoms with van der Waals surface area (Å²) in [5, 5.41) is 0.711. The van der Waals surface area contributed by atoms with Gasteiger partial charge in [-0.25, -0.2) is 9.18 Å². The maximum absolute atomic E-state index is 13.4. The van der Waals surface area contributed by atoms with Crippen molar-refractivity contribution in [1.29, 1.82) is 0 Å². The highest BCUT2D eigenvalue weighted by atomic mass is 19.1. The van der Waals surface area contributed by atoms with E-state index in [1.165, 1.54) is 6.07 Å². The van der Waals surface area contributed by atoms with Gasteiger partial charge in [-0.3, -0.25) is 0 Å². The smallest absolute Gasteiger partial charge is 0.354 e. The molecule has 1 aromatic carbocycles. The van der Waals surface area contributed by atoms with Crippen LogP contribution in [-0.2, 0) is 4.74 Å². The molecule has 0 radical (unpaired) electrons. The Kier molecular flexibility index (Phi) is 2.64. The van der Waals surface area contributed by atoms with Gasteiger partial charge in [-0.1, -0.05) is 6.07 Å². The Hall–Kier alpha value is -1.84. The molecular formula is C12H12FNO2. The second-order valence-electron chi connectivity index (χ2n) is 3.56. The van der Waals surface area contributed by atoms with E-state index in [0.717, 1.165) is 5.56 Å².